The van der Waals surface area contributed by atoms with Gasteiger partial charge >= 0.3 is 11.7 Å². The van der Waals surface area contributed by atoms with Crippen molar-refractivity contribution < 1.29 is 9.90 Å². The Morgan fingerprint density at radius 1 is 1.35 bits per heavy atom. The van der Waals surface area contributed by atoms with Gasteiger partial charge in [0.25, 0.3) is 0 Å². The first-order valence-corrected chi connectivity index (χ1v) is 7.17. The van der Waals surface area contributed by atoms with E-state index < -0.39 is 5.97 Å². The van der Waals surface area contributed by atoms with Crippen LogP contribution < -0.4 is 5.69 Å². The Hall–Kier alpha value is -2.08. The van der Waals surface area contributed by atoms with Crippen molar-refractivity contribution >= 4 is 23.4 Å². The average molecular weight is 292 g/mol. The van der Waals surface area contributed by atoms with Crippen molar-refractivity contribution in [3.8, 4) is 0 Å². The van der Waals surface area contributed by atoms with Gasteiger partial charge in [0.1, 0.15) is 0 Å². The Labute approximate surface area is 120 Å². The number of hydrogen-bond acceptors (Lipinski definition) is 3. The van der Waals surface area contributed by atoms with E-state index in [-0.39, 0.29) is 5.69 Å². The fourth-order valence-corrected chi connectivity index (χ4v) is 2.79. The summed E-state index contributed by atoms with van der Waals surface area (Å²) < 4.78 is 3.35. The third kappa shape index (κ3) is 3.48. The predicted molar refractivity (Wildman–Crippen MR) is 79.1 cm³/mol. The summed E-state index contributed by atoms with van der Waals surface area (Å²) in [6, 6.07) is 3.77. The van der Waals surface area contributed by atoms with E-state index >= 15 is 0 Å². The summed E-state index contributed by atoms with van der Waals surface area (Å²) in [6.45, 7) is 3.27. The van der Waals surface area contributed by atoms with Crippen LogP contribution >= 0.6 is 11.3 Å². The van der Waals surface area contributed by atoms with Crippen LogP contribution in [0.25, 0.3) is 6.08 Å². The number of carboxylic acid groups (broad SMARTS) is 1. The number of aromatic nitrogens is 2. The van der Waals surface area contributed by atoms with Gasteiger partial charge in [0.05, 0.1) is 6.54 Å². The number of hydrogen-bond donors (Lipinski definition) is 1. The van der Waals surface area contributed by atoms with Crippen molar-refractivity contribution in [2.24, 2.45) is 0 Å². The summed E-state index contributed by atoms with van der Waals surface area (Å²) in [5.41, 5.74) is -0.0112. The van der Waals surface area contributed by atoms with Crippen LogP contribution in [0.3, 0.4) is 0 Å². The molecule has 0 bridgehead atoms. The Balaban J connectivity index is 2.11. The predicted octanol–water partition coefficient (Wildman–Crippen LogP) is 2.27. The number of thiophene rings is 1. The van der Waals surface area contributed by atoms with Crippen LogP contribution in [0.1, 0.15) is 23.1 Å². The zero-order chi connectivity index (χ0) is 14.5. The summed E-state index contributed by atoms with van der Waals surface area (Å²) >= 11 is 1.48. The largest absolute Gasteiger partial charge is 0.478 e. The fourth-order valence-electron chi connectivity index (χ4n) is 1.88. The molecule has 20 heavy (non-hydrogen) atoms. The highest BCUT2D eigenvalue weighted by atomic mass is 32.1. The normalized spacial score (nSPS) is 11.2. The first-order valence-electron chi connectivity index (χ1n) is 6.35. The van der Waals surface area contributed by atoms with Crippen molar-refractivity contribution in [1.82, 2.24) is 9.13 Å². The summed E-state index contributed by atoms with van der Waals surface area (Å²) in [4.78, 5) is 24.4. The minimum Gasteiger partial charge on any atom is -0.478 e. The molecule has 5 nitrogen and oxygen atoms in total. The molecule has 0 unspecified atom stereocenters. The summed E-state index contributed by atoms with van der Waals surface area (Å²) in [7, 11) is 0. The highest BCUT2D eigenvalue weighted by Crippen LogP contribution is 2.18. The van der Waals surface area contributed by atoms with Gasteiger partial charge in [-0.3, -0.25) is 9.13 Å². The van der Waals surface area contributed by atoms with Gasteiger partial charge in [-0.05, 0) is 24.6 Å². The lowest BCUT2D eigenvalue weighted by atomic mass is 10.4. The molecule has 106 valence electrons. The molecule has 0 saturated heterocycles. The molecule has 0 aromatic carbocycles. The molecule has 0 radical (unpaired) electrons. The maximum Gasteiger partial charge on any atom is 0.328 e. The maximum atomic E-state index is 12.0. The van der Waals surface area contributed by atoms with E-state index in [1.165, 1.54) is 11.3 Å². The molecule has 0 aliphatic heterocycles. The molecular formula is C14H16N2O3S. The Kier molecular flexibility index (Phi) is 4.57. The summed E-state index contributed by atoms with van der Waals surface area (Å²) in [5.74, 6) is -0.965. The SMILES string of the molecule is CCCn1ccn(Cc2ccc(/C=C/C(=O)O)s2)c1=O. The molecule has 2 heterocycles. The number of carbonyl (C=O) groups is 1. The van der Waals surface area contributed by atoms with Crippen molar-refractivity contribution in [2.45, 2.75) is 26.4 Å². The molecule has 2 aromatic heterocycles. The Bertz CT molecular complexity index is 679. The van der Waals surface area contributed by atoms with E-state index in [2.05, 4.69) is 0 Å². The van der Waals surface area contributed by atoms with Crippen LogP contribution in [0.4, 0.5) is 0 Å². The molecule has 0 atom stereocenters. The molecule has 0 amide bonds. The van der Waals surface area contributed by atoms with Gasteiger partial charge in [-0.2, -0.15) is 0 Å². The van der Waals surface area contributed by atoms with Gasteiger partial charge in [0.2, 0.25) is 0 Å². The van der Waals surface area contributed by atoms with Gasteiger partial charge in [0, 0.05) is 34.8 Å². The molecule has 0 fully saturated rings. The zero-order valence-electron chi connectivity index (χ0n) is 11.2. The van der Waals surface area contributed by atoms with E-state index in [9.17, 15) is 9.59 Å². The second-order valence-corrected chi connectivity index (χ2v) is 5.58. The average Bonchev–Trinajstić information content (AvgIpc) is 2.98. The molecule has 0 spiro atoms. The van der Waals surface area contributed by atoms with Crippen molar-refractivity contribution in [3.05, 3.63) is 50.8 Å². The minimum absolute atomic E-state index is 0.0112. The number of carboxylic acids is 1. The number of rotatable bonds is 6. The molecule has 2 aromatic rings. The van der Waals surface area contributed by atoms with Crippen LogP contribution in [0.2, 0.25) is 0 Å². The first-order chi connectivity index (χ1) is 9.60. The van der Waals surface area contributed by atoms with Crippen molar-refractivity contribution in [3.63, 3.8) is 0 Å². The summed E-state index contributed by atoms with van der Waals surface area (Å²) in [5, 5.41) is 8.58. The second kappa shape index (κ2) is 6.38. The van der Waals surface area contributed by atoms with Gasteiger partial charge in [0.15, 0.2) is 0 Å². The van der Waals surface area contributed by atoms with E-state index in [1.807, 2.05) is 19.1 Å². The maximum absolute atomic E-state index is 12.0. The number of aliphatic carboxylic acids is 1. The molecule has 2 rings (SSSR count). The monoisotopic (exact) mass is 292 g/mol. The molecule has 1 N–H and O–H groups in total. The van der Waals surface area contributed by atoms with Gasteiger partial charge in [-0.25, -0.2) is 9.59 Å². The standard InChI is InChI=1S/C14H16N2O3S/c1-2-7-15-8-9-16(14(15)19)10-12-4-3-11(20-12)5-6-13(17)18/h3-6,8-9H,2,7,10H2,1H3,(H,17,18)/b6-5+. The first kappa shape index (κ1) is 14.3. The molecule has 0 aliphatic carbocycles. The Morgan fingerprint density at radius 3 is 2.80 bits per heavy atom. The fraction of sp³-hybridized carbons (Fsp3) is 0.286. The van der Waals surface area contributed by atoms with Gasteiger partial charge < -0.3 is 5.11 Å². The third-order valence-corrected chi connectivity index (χ3v) is 3.82. The third-order valence-electron chi connectivity index (χ3n) is 2.78. The number of aryl methyl sites for hydroxylation is 1. The van der Waals surface area contributed by atoms with Crippen LogP contribution in [0.5, 0.6) is 0 Å². The number of imidazole rings is 1. The molecular weight excluding hydrogens is 276 g/mol. The van der Waals surface area contributed by atoms with E-state index in [1.54, 1.807) is 27.6 Å². The highest BCUT2D eigenvalue weighted by Gasteiger charge is 2.05. The zero-order valence-corrected chi connectivity index (χ0v) is 12.0. The van der Waals surface area contributed by atoms with E-state index in [4.69, 9.17) is 5.11 Å². The second-order valence-electron chi connectivity index (χ2n) is 4.38. The van der Waals surface area contributed by atoms with Crippen LogP contribution in [-0.4, -0.2) is 20.2 Å². The molecule has 0 aliphatic rings. The lowest BCUT2D eigenvalue weighted by molar-refractivity contribution is -0.131. The number of nitrogens with zero attached hydrogens (tertiary/aromatic N) is 2. The van der Waals surface area contributed by atoms with E-state index in [0.717, 1.165) is 28.8 Å². The van der Waals surface area contributed by atoms with Crippen molar-refractivity contribution in [1.29, 1.82) is 0 Å². The molecule has 0 saturated carbocycles. The van der Waals surface area contributed by atoms with Crippen LogP contribution in [0, 0.1) is 0 Å². The molecule has 6 heteroatoms. The quantitative estimate of drug-likeness (QED) is 0.831. The van der Waals surface area contributed by atoms with Crippen LogP contribution in [-0.2, 0) is 17.9 Å². The minimum atomic E-state index is -0.965. The van der Waals surface area contributed by atoms with E-state index in [0.29, 0.717) is 6.54 Å². The van der Waals surface area contributed by atoms with Gasteiger partial charge in [-0.15, -0.1) is 11.3 Å². The highest BCUT2D eigenvalue weighted by molar-refractivity contribution is 7.12. The topological polar surface area (TPSA) is 64.2 Å². The Morgan fingerprint density at radius 2 is 2.10 bits per heavy atom. The van der Waals surface area contributed by atoms with Crippen LogP contribution in [0.15, 0.2) is 35.4 Å². The lowest BCUT2D eigenvalue weighted by Crippen LogP contribution is -2.24. The summed E-state index contributed by atoms with van der Waals surface area (Å²) in [6.07, 6.45) is 7.17. The van der Waals surface area contributed by atoms with Crippen molar-refractivity contribution in [2.75, 3.05) is 0 Å². The smallest absolute Gasteiger partial charge is 0.328 e. The lowest BCUT2D eigenvalue weighted by Gasteiger charge is -1.99. The van der Waals surface area contributed by atoms with Gasteiger partial charge in [-0.1, -0.05) is 6.92 Å².